The molecule has 1 aromatic rings. The van der Waals surface area contributed by atoms with E-state index in [2.05, 4.69) is 4.98 Å². The van der Waals surface area contributed by atoms with Crippen molar-refractivity contribution >= 4 is 5.78 Å². The van der Waals surface area contributed by atoms with E-state index in [-0.39, 0.29) is 11.2 Å². The van der Waals surface area contributed by atoms with Crippen molar-refractivity contribution in [1.82, 2.24) is 4.98 Å². The maximum absolute atomic E-state index is 12.4. The second-order valence-corrected chi connectivity index (χ2v) is 5.35. The molecule has 0 atom stereocenters. The summed E-state index contributed by atoms with van der Waals surface area (Å²) in [5.41, 5.74) is -1.23. The average molecular weight is 235 g/mol. The van der Waals surface area contributed by atoms with Crippen LogP contribution in [0, 0.1) is 5.41 Å². The van der Waals surface area contributed by atoms with Gasteiger partial charge in [0.25, 0.3) is 0 Å². The number of hydrogen-bond donors (Lipinski definition) is 0. The molecule has 0 aromatic carbocycles. The summed E-state index contributed by atoms with van der Waals surface area (Å²) in [6.07, 6.45) is 2.45. The largest absolute Gasteiger partial charge is 0.464 e. The monoisotopic (exact) mass is 235 g/mol. The second-order valence-electron chi connectivity index (χ2n) is 5.35. The number of ether oxygens (including phenoxy) is 1. The first-order valence-corrected chi connectivity index (χ1v) is 5.94. The number of ketones is 1. The van der Waals surface area contributed by atoms with Gasteiger partial charge in [-0.25, -0.2) is 4.98 Å². The Morgan fingerprint density at radius 1 is 1.29 bits per heavy atom. The maximum Gasteiger partial charge on any atom is 0.214 e. The van der Waals surface area contributed by atoms with E-state index in [4.69, 9.17) is 4.74 Å². The summed E-state index contributed by atoms with van der Waals surface area (Å²) in [4.78, 5) is 16.4. The van der Waals surface area contributed by atoms with Gasteiger partial charge in [0.05, 0.1) is 0 Å². The zero-order chi connectivity index (χ0) is 13.1. The SMILES string of the molecule is CCC(C)(C)C(=O)C(C)(C)Oc1ccccn1. The van der Waals surface area contributed by atoms with Crippen molar-refractivity contribution in [3.8, 4) is 5.88 Å². The molecule has 1 aromatic heterocycles. The van der Waals surface area contributed by atoms with E-state index in [9.17, 15) is 4.79 Å². The molecule has 0 saturated heterocycles. The molecule has 1 heterocycles. The number of carbonyl (C=O) groups is 1. The molecular formula is C14H21NO2. The van der Waals surface area contributed by atoms with E-state index < -0.39 is 5.60 Å². The minimum Gasteiger partial charge on any atom is -0.464 e. The van der Waals surface area contributed by atoms with Gasteiger partial charge in [0.15, 0.2) is 11.4 Å². The Kier molecular flexibility index (Phi) is 3.91. The minimum absolute atomic E-state index is 0.0955. The molecule has 0 aliphatic carbocycles. The van der Waals surface area contributed by atoms with Crippen molar-refractivity contribution in [2.75, 3.05) is 0 Å². The Labute approximate surface area is 103 Å². The molecule has 0 fully saturated rings. The van der Waals surface area contributed by atoms with Gasteiger partial charge >= 0.3 is 0 Å². The van der Waals surface area contributed by atoms with Gasteiger partial charge in [-0.1, -0.05) is 26.8 Å². The molecule has 0 spiro atoms. The molecule has 0 amide bonds. The molecule has 0 unspecified atom stereocenters. The number of aromatic nitrogens is 1. The van der Waals surface area contributed by atoms with Crippen molar-refractivity contribution in [3.05, 3.63) is 24.4 Å². The number of hydrogen-bond acceptors (Lipinski definition) is 3. The molecule has 1 rings (SSSR count). The Morgan fingerprint density at radius 3 is 2.41 bits per heavy atom. The maximum atomic E-state index is 12.4. The lowest BCUT2D eigenvalue weighted by Gasteiger charge is -2.32. The Bertz CT molecular complexity index is 382. The minimum atomic E-state index is -0.853. The van der Waals surface area contributed by atoms with Gasteiger partial charge in [-0.3, -0.25) is 4.79 Å². The lowest BCUT2D eigenvalue weighted by Crippen LogP contribution is -2.46. The molecule has 0 saturated carbocycles. The molecule has 0 N–H and O–H groups in total. The number of carbonyl (C=O) groups excluding carboxylic acids is 1. The van der Waals surface area contributed by atoms with Gasteiger partial charge in [-0.2, -0.15) is 0 Å². The van der Waals surface area contributed by atoms with Crippen LogP contribution in [-0.4, -0.2) is 16.4 Å². The molecule has 0 aliphatic heterocycles. The fourth-order valence-electron chi connectivity index (χ4n) is 1.69. The van der Waals surface area contributed by atoms with Crippen molar-refractivity contribution < 1.29 is 9.53 Å². The standard InChI is InChI=1S/C14H21NO2/c1-6-13(2,3)12(16)14(4,5)17-11-9-7-8-10-15-11/h7-10H,6H2,1-5H3. The molecule has 94 valence electrons. The van der Waals surface area contributed by atoms with Crippen LogP contribution in [0.4, 0.5) is 0 Å². The summed E-state index contributed by atoms with van der Waals surface area (Å²) in [6.45, 7) is 9.48. The van der Waals surface area contributed by atoms with Gasteiger partial charge in [0.2, 0.25) is 5.88 Å². The number of Topliss-reactive ketones (excluding diaryl/α,β-unsaturated/α-hetero) is 1. The third-order valence-corrected chi connectivity index (χ3v) is 3.04. The van der Waals surface area contributed by atoms with Gasteiger partial charge in [-0.05, 0) is 26.3 Å². The summed E-state index contributed by atoms with van der Waals surface area (Å²) < 4.78 is 5.69. The van der Waals surface area contributed by atoms with Crippen LogP contribution in [0.3, 0.4) is 0 Å². The van der Waals surface area contributed by atoms with Crippen LogP contribution in [0.1, 0.15) is 41.0 Å². The first kappa shape index (κ1) is 13.7. The molecule has 3 nitrogen and oxygen atoms in total. The van der Waals surface area contributed by atoms with Crippen LogP contribution < -0.4 is 4.74 Å². The Balaban J connectivity index is 2.86. The van der Waals surface area contributed by atoms with E-state index in [1.165, 1.54) is 0 Å². The van der Waals surface area contributed by atoms with Gasteiger partial charge in [0.1, 0.15) is 0 Å². The quantitative estimate of drug-likeness (QED) is 0.786. The van der Waals surface area contributed by atoms with Crippen molar-refractivity contribution in [2.45, 2.75) is 46.6 Å². The molecule has 17 heavy (non-hydrogen) atoms. The van der Waals surface area contributed by atoms with E-state index in [1.807, 2.05) is 32.9 Å². The van der Waals surface area contributed by atoms with E-state index in [0.717, 1.165) is 6.42 Å². The zero-order valence-corrected chi connectivity index (χ0v) is 11.3. The highest BCUT2D eigenvalue weighted by Gasteiger charge is 2.39. The first-order chi connectivity index (χ1) is 7.79. The fraction of sp³-hybridized carbons (Fsp3) is 0.571. The average Bonchev–Trinajstić information content (AvgIpc) is 2.28. The summed E-state index contributed by atoms with van der Waals surface area (Å²) in [6, 6.07) is 5.42. The summed E-state index contributed by atoms with van der Waals surface area (Å²) in [7, 11) is 0. The van der Waals surface area contributed by atoms with Crippen LogP contribution in [0.15, 0.2) is 24.4 Å². The van der Waals surface area contributed by atoms with Crippen molar-refractivity contribution in [1.29, 1.82) is 0 Å². The molecule has 3 heteroatoms. The fourth-order valence-corrected chi connectivity index (χ4v) is 1.69. The van der Waals surface area contributed by atoms with Crippen LogP contribution >= 0.6 is 0 Å². The lowest BCUT2D eigenvalue weighted by molar-refractivity contribution is -0.141. The van der Waals surface area contributed by atoms with E-state index >= 15 is 0 Å². The molecule has 0 bridgehead atoms. The van der Waals surface area contributed by atoms with E-state index in [1.54, 1.807) is 26.1 Å². The van der Waals surface area contributed by atoms with Gasteiger partial charge < -0.3 is 4.74 Å². The topological polar surface area (TPSA) is 39.2 Å². The van der Waals surface area contributed by atoms with Gasteiger partial charge in [0, 0.05) is 17.7 Å². The van der Waals surface area contributed by atoms with Gasteiger partial charge in [-0.15, -0.1) is 0 Å². The Morgan fingerprint density at radius 2 is 1.94 bits per heavy atom. The molecule has 0 aliphatic rings. The number of pyridine rings is 1. The highest BCUT2D eigenvalue weighted by Crippen LogP contribution is 2.29. The Hall–Kier alpha value is -1.38. The lowest BCUT2D eigenvalue weighted by atomic mass is 9.78. The predicted molar refractivity (Wildman–Crippen MR) is 68.0 cm³/mol. The second kappa shape index (κ2) is 4.86. The zero-order valence-electron chi connectivity index (χ0n) is 11.3. The van der Waals surface area contributed by atoms with Crippen LogP contribution in [0.2, 0.25) is 0 Å². The van der Waals surface area contributed by atoms with Crippen LogP contribution in [0.25, 0.3) is 0 Å². The molecular weight excluding hydrogens is 214 g/mol. The third-order valence-electron chi connectivity index (χ3n) is 3.04. The number of nitrogens with zero attached hydrogens (tertiary/aromatic N) is 1. The van der Waals surface area contributed by atoms with E-state index in [0.29, 0.717) is 5.88 Å². The highest BCUT2D eigenvalue weighted by atomic mass is 16.5. The summed E-state index contributed by atoms with van der Waals surface area (Å²) in [5.74, 6) is 0.580. The summed E-state index contributed by atoms with van der Waals surface area (Å²) in [5, 5.41) is 0. The smallest absolute Gasteiger partial charge is 0.214 e. The van der Waals surface area contributed by atoms with Crippen molar-refractivity contribution in [3.63, 3.8) is 0 Å². The van der Waals surface area contributed by atoms with Crippen molar-refractivity contribution in [2.24, 2.45) is 5.41 Å². The first-order valence-electron chi connectivity index (χ1n) is 5.94. The summed E-state index contributed by atoms with van der Waals surface area (Å²) >= 11 is 0. The highest BCUT2D eigenvalue weighted by molar-refractivity contribution is 5.91. The third kappa shape index (κ3) is 3.29. The number of rotatable bonds is 5. The predicted octanol–water partition coefficient (Wildman–Crippen LogP) is 3.24. The van der Waals surface area contributed by atoms with Crippen LogP contribution in [0.5, 0.6) is 5.88 Å². The normalized spacial score (nSPS) is 12.3. The molecule has 0 radical (unpaired) electrons. The van der Waals surface area contributed by atoms with Crippen LogP contribution in [-0.2, 0) is 4.79 Å².